The largest absolute Gasteiger partial charge is 0.464 e. The van der Waals surface area contributed by atoms with Gasteiger partial charge in [-0.15, -0.1) is 0 Å². The van der Waals surface area contributed by atoms with E-state index in [1.165, 1.54) is 31.5 Å². The fourth-order valence-corrected chi connectivity index (χ4v) is 2.34. The molecule has 140 valence electrons. The third-order valence-corrected chi connectivity index (χ3v) is 3.68. The summed E-state index contributed by atoms with van der Waals surface area (Å²) in [6.45, 7) is 1.68. The van der Waals surface area contributed by atoms with Crippen molar-refractivity contribution in [1.82, 2.24) is 9.97 Å². The second kappa shape index (κ2) is 7.10. The van der Waals surface area contributed by atoms with E-state index in [1.54, 1.807) is 13.0 Å². The maximum Gasteiger partial charge on any atom is 0.416 e. The first-order valence-corrected chi connectivity index (χ1v) is 7.74. The summed E-state index contributed by atoms with van der Waals surface area (Å²) < 4.78 is 48.2. The molecule has 9 heteroatoms. The van der Waals surface area contributed by atoms with E-state index >= 15 is 0 Å². The Bertz CT molecular complexity index is 949. The predicted octanol–water partition coefficient (Wildman–Crippen LogP) is 4.59. The maximum atomic E-state index is 12.7. The van der Waals surface area contributed by atoms with Gasteiger partial charge in [-0.05, 0) is 31.2 Å². The van der Waals surface area contributed by atoms with Crippen LogP contribution in [-0.4, -0.2) is 23.0 Å². The molecule has 0 radical (unpaired) electrons. The lowest BCUT2D eigenvalue weighted by Crippen LogP contribution is -2.04. The molecular formula is C18H14F3N3O3. The molecule has 0 aliphatic carbocycles. The molecule has 0 atom stereocenters. The number of carbonyl (C=O) groups is 1. The number of ether oxygens (including phenoxy) is 1. The smallest absolute Gasteiger partial charge is 0.416 e. The van der Waals surface area contributed by atoms with Gasteiger partial charge in [-0.2, -0.15) is 18.2 Å². The summed E-state index contributed by atoms with van der Waals surface area (Å²) in [7, 11) is 1.26. The molecule has 0 amide bonds. The van der Waals surface area contributed by atoms with Crippen molar-refractivity contribution < 1.29 is 27.1 Å². The minimum atomic E-state index is -4.40. The van der Waals surface area contributed by atoms with Crippen molar-refractivity contribution in [2.24, 2.45) is 0 Å². The molecule has 1 N–H and O–H groups in total. The predicted molar refractivity (Wildman–Crippen MR) is 90.5 cm³/mol. The number of pyridine rings is 1. The van der Waals surface area contributed by atoms with Gasteiger partial charge in [0.05, 0.1) is 30.3 Å². The number of nitrogens with one attached hydrogen (secondary N) is 1. The number of anilines is 2. The van der Waals surface area contributed by atoms with Crippen LogP contribution in [0.3, 0.4) is 0 Å². The molecular weight excluding hydrogens is 363 g/mol. The lowest BCUT2D eigenvalue weighted by Gasteiger charge is -2.06. The monoisotopic (exact) mass is 377 g/mol. The summed E-state index contributed by atoms with van der Waals surface area (Å²) in [6.07, 6.45) is -2.99. The third-order valence-electron chi connectivity index (χ3n) is 3.68. The first-order valence-electron chi connectivity index (χ1n) is 7.74. The lowest BCUT2D eigenvalue weighted by atomic mass is 10.1. The lowest BCUT2D eigenvalue weighted by molar-refractivity contribution is -0.137. The van der Waals surface area contributed by atoms with E-state index in [4.69, 9.17) is 4.42 Å². The summed E-state index contributed by atoms with van der Waals surface area (Å²) in [5.41, 5.74) is 0.912. The Hall–Kier alpha value is -3.36. The zero-order chi connectivity index (χ0) is 19.6. The van der Waals surface area contributed by atoms with Gasteiger partial charge >= 0.3 is 12.1 Å². The molecule has 27 heavy (non-hydrogen) atoms. The highest BCUT2D eigenvalue weighted by Gasteiger charge is 2.30. The molecule has 3 rings (SSSR count). The zero-order valence-corrected chi connectivity index (χ0v) is 14.3. The number of hydrogen-bond donors (Lipinski definition) is 1. The average Bonchev–Trinajstić information content (AvgIpc) is 3.01. The zero-order valence-electron chi connectivity index (χ0n) is 14.3. The number of alkyl halides is 3. The van der Waals surface area contributed by atoms with E-state index in [2.05, 4.69) is 20.0 Å². The van der Waals surface area contributed by atoms with E-state index < -0.39 is 17.7 Å². The van der Waals surface area contributed by atoms with E-state index in [0.717, 1.165) is 12.1 Å². The van der Waals surface area contributed by atoms with Crippen LogP contribution in [0.25, 0.3) is 11.3 Å². The molecule has 3 aromatic rings. The number of hydrogen-bond acceptors (Lipinski definition) is 6. The molecule has 1 aromatic carbocycles. The molecule has 0 bridgehead atoms. The minimum Gasteiger partial charge on any atom is -0.464 e. The topological polar surface area (TPSA) is 77.2 Å². The standard InChI is InChI=1S/C18H14F3N3O3/c1-10-15(11-3-5-12(6-4-11)18(19,20)21)27-17(23-10)24-13-7-8-14(22-9-13)16(25)26-2/h3-9H,1-2H3,(H,23,24). The molecule has 0 spiro atoms. The molecule has 0 aliphatic rings. The highest BCUT2D eigenvalue weighted by molar-refractivity contribution is 5.87. The molecule has 2 heterocycles. The Labute approximate surface area is 152 Å². The Kier molecular flexibility index (Phi) is 4.85. The highest BCUT2D eigenvalue weighted by Crippen LogP contribution is 2.33. The van der Waals surface area contributed by atoms with Gasteiger partial charge in [0.15, 0.2) is 5.76 Å². The Morgan fingerprint density at radius 1 is 1.15 bits per heavy atom. The second-order valence-corrected chi connectivity index (χ2v) is 5.56. The van der Waals surface area contributed by atoms with Crippen LogP contribution >= 0.6 is 0 Å². The number of carbonyl (C=O) groups excluding carboxylic acids is 1. The van der Waals surface area contributed by atoms with Crippen molar-refractivity contribution in [3.8, 4) is 11.3 Å². The van der Waals surface area contributed by atoms with Crippen LogP contribution in [0.2, 0.25) is 0 Å². The molecule has 2 aromatic heterocycles. The second-order valence-electron chi connectivity index (χ2n) is 5.56. The first kappa shape index (κ1) is 18.4. The molecule has 0 unspecified atom stereocenters. The number of halogens is 3. The molecule has 6 nitrogen and oxygen atoms in total. The number of nitrogens with zero attached hydrogens (tertiary/aromatic N) is 2. The van der Waals surface area contributed by atoms with Crippen molar-refractivity contribution >= 4 is 17.7 Å². The average molecular weight is 377 g/mol. The highest BCUT2D eigenvalue weighted by atomic mass is 19.4. The molecule has 0 saturated heterocycles. The number of rotatable bonds is 4. The summed E-state index contributed by atoms with van der Waals surface area (Å²) in [4.78, 5) is 19.5. The maximum absolute atomic E-state index is 12.7. The van der Waals surface area contributed by atoms with Gasteiger partial charge in [-0.1, -0.05) is 12.1 Å². The van der Waals surface area contributed by atoms with Crippen molar-refractivity contribution in [3.63, 3.8) is 0 Å². The number of aryl methyl sites for hydroxylation is 1. The molecule has 0 aliphatic heterocycles. The number of oxazole rings is 1. The normalized spacial score (nSPS) is 11.3. The van der Waals surface area contributed by atoms with E-state index in [9.17, 15) is 18.0 Å². The van der Waals surface area contributed by atoms with Crippen LogP contribution in [0.5, 0.6) is 0 Å². The van der Waals surface area contributed by atoms with Gasteiger partial charge in [-0.25, -0.2) is 9.78 Å². The van der Waals surface area contributed by atoms with Crippen LogP contribution in [-0.2, 0) is 10.9 Å². The number of benzene rings is 1. The van der Waals surface area contributed by atoms with E-state index in [0.29, 0.717) is 22.7 Å². The van der Waals surface area contributed by atoms with Gasteiger partial charge in [0.1, 0.15) is 5.69 Å². The first-order chi connectivity index (χ1) is 12.8. The third kappa shape index (κ3) is 4.08. The van der Waals surface area contributed by atoms with Gasteiger partial charge in [0.2, 0.25) is 0 Å². The van der Waals surface area contributed by atoms with Gasteiger partial charge < -0.3 is 14.5 Å². The summed E-state index contributed by atoms with van der Waals surface area (Å²) in [5.74, 6) is -0.205. The van der Waals surface area contributed by atoms with E-state index in [-0.39, 0.29) is 11.7 Å². The summed E-state index contributed by atoms with van der Waals surface area (Å²) >= 11 is 0. The van der Waals surface area contributed by atoms with Crippen LogP contribution in [0, 0.1) is 6.92 Å². The van der Waals surface area contributed by atoms with Crippen molar-refractivity contribution in [1.29, 1.82) is 0 Å². The quantitative estimate of drug-likeness (QED) is 0.670. The fourth-order valence-electron chi connectivity index (χ4n) is 2.34. The summed E-state index contributed by atoms with van der Waals surface area (Å²) in [6, 6.07) is 7.84. The number of esters is 1. The molecule has 0 fully saturated rings. The Balaban J connectivity index is 1.79. The fraction of sp³-hybridized carbons (Fsp3) is 0.167. The van der Waals surface area contributed by atoms with Crippen LogP contribution < -0.4 is 5.32 Å². The van der Waals surface area contributed by atoms with Crippen LogP contribution in [0.1, 0.15) is 21.7 Å². The number of aromatic nitrogens is 2. The van der Waals surface area contributed by atoms with Gasteiger partial charge in [0.25, 0.3) is 6.01 Å². The van der Waals surface area contributed by atoms with Crippen LogP contribution in [0.15, 0.2) is 47.0 Å². The Morgan fingerprint density at radius 3 is 2.41 bits per heavy atom. The van der Waals surface area contributed by atoms with Gasteiger partial charge in [0, 0.05) is 5.56 Å². The van der Waals surface area contributed by atoms with Crippen molar-refractivity contribution in [2.45, 2.75) is 13.1 Å². The Morgan fingerprint density at radius 2 is 1.85 bits per heavy atom. The van der Waals surface area contributed by atoms with Crippen molar-refractivity contribution in [3.05, 3.63) is 59.5 Å². The number of methoxy groups -OCH3 is 1. The van der Waals surface area contributed by atoms with E-state index in [1.807, 2.05) is 0 Å². The SMILES string of the molecule is COC(=O)c1ccc(Nc2nc(C)c(-c3ccc(C(F)(F)F)cc3)o2)cn1. The molecule has 0 saturated carbocycles. The van der Waals surface area contributed by atoms with Gasteiger partial charge in [-0.3, -0.25) is 0 Å². The van der Waals surface area contributed by atoms with Crippen molar-refractivity contribution in [2.75, 3.05) is 12.4 Å². The van der Waals surface area contributed by atoms with Crippen LogP contribution in [0.4, 0.5) is 24.9 Å². The minimum absolute atomic E-state index is 0.148. The summed E-state index contributed by atoms with van der Waals surface area (Å²) in [5, 5.41) is 2.88.